The summed E-state index contributed by atoms with van der Waals surface area (Å²) in [4.78, 5) is 12.3. The number of alkyl halides is 2. The summed E-state index contributed by atoms with van der Waals surface area (Å²) in [5.74, 6) is -0.128. The number of benzene rings is 2. The van der Waals surface area contributed by atoms with Crippen LogP contribution in [0, 0.1) is 20.8 Å². The van der Waals surface area contributed by atoms with E-state index >= 15 is 0 Å². The number of hydrogen-bond donors (Lipinski definition) is 1. The summed E-state index contributed by atoms with van der Waals surface area (Å²) in [6.45, 7) is 2.25. The lowest BCUT2D eigenvalue weighted by molar-refractivity contribution is -0.0507. The van der Waals surface area contributed by atoms with Crippen molar-refractivity contribution in [3.63, 3.8) is 0 Å². The van der Waals surface area contributed by atoms with E-state index in [1.807, 2.05) is 18.2 Å². The molecule has 1 aromatic heterocycles. The molecule has 0 aliphatic carbocycles. The summed E-state index contributed by atoms with van der Waals surface area (Å²) < 4.78 is 35.0. The zero-order chi connectivity index (χ0) is 19.6. The quantitative estimate of drug-likeness (QED) is 0.520. The molecule has 27 heavy (non-hydrogen) atoms. The van der Waals surface area contributed by atoms with E-state index in [0.29, 0.717) is 22.3 Å². The molecule has 0 spiro atoms. The van der Waals surface area contributed by atoms with E-state index in [9.17, 15) is 13.6 Å². The van der Waals surface area contributed by atoms with Crippen molar-refractivity contribution in [1.82, 2.24) is 5.43 Å². The van der Waals surface area contributed by atoms with Crippen molar-refractivity contribution in [1.29, 1.82) is 0 Å². The van der Waals surface area contributed by atoms with Gasteiger partial charge in [0.2, 0.25) is 0 Å². The molecular weight excluding hydrogens is 354 g/mol. The summed E-state index contributed by atoms with van der Waals surface area (Å²) in [6, 6.07) is 10.7. The fourth-order valence-electron chi connectivity index (χ4n) is 2.94. The maximum absolute atomic E-state index is 12.4. The Morgan fingerprint density at radius 1 is 1.19 bits per heavy atom. The van der Waals surface area contributed by atoms with Crippen molar-refractivity contribution in [3.8, 4) is 5.75 Å². The Morgan fingerprint density at radius 2 is 1.85 bits per heavy atom. The van der Waals surface area contributed by atoms with Crippen molar-refractivity contribution in [2.75, 3.05) is 0 Å². The Balaban J connectivity index is 1.75. The number of nitrogens with zero attached hydrogens (tertiary/aromatic N) is 1. The van der Waals surface area contributed by atoms with Gasteiger partial charge in [0.15, 0.2) is 5.76 Å². The molecule has 1 heterocycles. The van der Waals surface area contributed by atoms with E-state index < -0.39 is 12.5 Å². The normalized spacial score (nSPS) is 11.5. The molecule has 0 aliphatic heterocycles. The SMILES string of the molecule is Cc1cc(/C=N\NC(=O)c2oc3ccccc3c2C)cc(C)c1OC(F)F. The number of ether oxygens (including phenoxy) is 1. The number of amides is 1. The van der Waals surface area contributed by atoms with E-state index in [2.05, 4.69) is 15.3 Å². The van der Waals surface area contributed by atoms with E-state index in [4.69, 9.17) is 4.42 Å². The van der Waals surface area contributed by atoms with Gasteiger partial charge < -0.3 is 9.15 Å². The minimum Gasteiger partial charge on any atom is -0.451 e. The second-order valence-electron chi connectivity index (χ2n) is 6.11. The second kappa shape index (κ2) is 7.57. The van der Waals surface area contributed by atoms with Crippen LogP contribution in [0.4, 0.5) is 8.78 Å². The van der Waals surface area contributed by atoms with Crippen LogP contribution in [0.25, 0.3) is 11.0 Å². The summed E-state index contributed by atoms with van der Waals surface area (Å²) in [7, 11) is 0. The first-order valence-corrected chi connectivity index (χ1v) is 8.24. The largest absolute Gasteiger partial charge is 0.451 e. The molecule has 0 unspecified atom stereocenters. The van der Waals surface area contributed by atoms with E-state index in [-0.39, 0.29) is 11.5 Å². The average Bonchev–Trinajstić information content (AvgIpc) is 2.95. The van der Waals surface area contributed by atoms with Gasteiger partial charge in [-0.2, -0.15) is 13.9 Å². The number of carbonyl (C=O) groups is 1. The molecule has 3 aromatic rings. The molecule has 0 radical (unpaired) electrons. The maximum atomic E-state index is 12.4. The smallest absolute Gasteiger partial charge is 0.387 e. The Bertz CT molecular complexity index is 1000. The van der Waals surface area contributed by atoms with Gasteiger partial charge in [-0.05, 0) is 55.7 Å². The Labute approximate surface area is 154 Å². The van der Waals surface area contributed by atoms with Crippen LogP contribution in [0.15, 0.2) is 45.9 Å². The molecule has 0 fully saturated rings. The zero-order valence-electron chi connectivity index (χ0n) is 15.0. The molecule has 7 heteroatoms. The molecule has 0 saturated heterocycles. The monoisotopic (exact) mass is 372 g/mol. The number of nitrogens with one attached hydrogen (secondary N) is 1. The van der Waals surface area contributed by atoms with Crippen molar-refractivity contribution in [3.05, 3.63) is 64.4 Å². The lowest BCUT2D eigenvalue weighted by Gasteiger charge is -2.11. The number of hydrazone groups is 1. The number of para-hydroxylation sites is 1. The van der Waals surface area contributed by atoms with Crippen LogP contribution < -0.4 is 10.2 Å². The molecular formula is C20H18F2N2O3. The number of halogens is 2. The predicted molar refractivity (Wildman–Crippen MR) is 98.6 cm³/mol. The Kier molecular flexibility index (Phi) is 5.21. The summed E-state index contributed by atoms with van der Waals surface area (Å²) in [5.41, 5.74) is 5.54. The molecule has 3 rings (SSSR count). The highest BCUT2D eigenvalue weighted by atomic mass is 19.3. The summed E-state index contributed by atoms with van der Waals surface area (Å²) >= 11 is 0. The van der Waals surface area contributed by atoms with Crippen molar-refractivity contribution < 1.29 is 22.7 Å². The third-order valence-electron chi connectivity index (χ3n) is 4.12. The highest BCUT2D eigenvalue weighted by molar-refractivity contribution is 5.99. The van der Waals surface area contributed by atoms with E-state index in [0.717, 1.165) is 10.9 Å². The van der Waals surface area contributed by atoms with Crippen LogP contribution in [0.2, 0.25) is 0 Å². The number of rotatable bonds is 5. The van der Waals surface area contributed by atoms with Gasteiger partial charge >= 0.3 is 12.5 Å². The molecule has 1 amide bonds. The van der Waals surface area contributed by atoms with Crippen LogP contribution >= 0.6 is 0 Å². The van der Waals surface area contributed by atoms with E-state index in [1.165, 1.54) is 6.21 Å². The first kappa shape index (κ1) is 18.6. The lowest BCUT2D eigenvalue weighted by Crippen LogP contribution is -2.17. The van der Waals surface area contributed by atoms with Crippen LogP contribution in [0.1, 0.15) is 32.8 Å². The number of hydrogen-bond acceptors (Lipinski definition) is 4. The highest BCUT2D eigenvalue weighted by Gasteiger charge is 2.17. The highest BCUT2D eigenvalue weighted by Crippen LogP contribution is 2.26. The van der Waals surface area contributed by atoms with Crippen molar-refractivity contribution in [2.24, 2.45) is 5.10 Å². The van der Waals surface area contributed by atoms with Gasteiger partial charge in [-0.3, -0.25) is 4.79 Å². The summed E-state index contributed by atoms with van der Waals surface area (Å²) in [5, 5.41) is 4.80. The third-order valence-corrected chi connectivity index (χ3v) is 4.12. The molecule has 1 N–H and O–H groups in total. The third kappa shape index (κ3) is 3.97. The number of furan rings is 1. The van der Waals surface area contributed by atoms with Gasteiger partial charge in [0, 0.05) is 10.9 Å². The topological polar surface area (TPSA) is 63.8 Å². The van der Waals surface area contributed by atoms with Crippen molar-refractivity contribution in [2.45, 2.75) is 27.4 Å². The van der Waals surface area contributed by atoms with Gasteiger partial charge in [0.05, 0.1) is 6.21 Å². The molecule has 2 aromatic carbocycles. The zero-order valence-corrected chi connectivity index (χ0v) is 15.0. The van der Waals surface area contributed by atoms with Gasteiger partial charge in [-0.25, -0.2) is 5.43 Å². The van der Waals surface area contributed by atoms with Gasteiger partial charge in [0.25, 0.3) is 0 Å². The molecule has 0 atom stereocenters. The van der Waals surface area contributed by atoms with Crippen LogP contribution in [0.3, 0.4) is 0 Å². The fourth-order valence-corrected chi connectivity index (χ4v) is 2.94. The minimum atomic E-state index is -2.88. The molecule has 0 bridgehead atoms. The van der Waals surface area contributed by atoms with Crippen LogP contribution in [0.5, 0.6) is 5.75 Å². The lowest BCUT2D eigenvalue weighted by atomic mass is 10.1. The standard InChI is InChI=1S/C20H18F2N2O3/c1-11-8-14(9-12(2)17(11)27-20(21)22)10-23-24-19(25)18-13(3)15-6-4-5-7-16(15)26-18/h4-10,20H,1-3H3,(H,24,25)/b23-10-. The van der Waals surface area contributed by atoms with Crippen LogP contribution in [-0.2, 0) is 0 Å². The van der Waals surface area contributed by atoms with Gasteiger partial charge in [0.1, 0.15) is 11.3 Å². The fraction of sp³-hybridized carbons (Fsp3) is 0.200. The summed E-state index contributed by atoms with van der Waals surface area (Å²) in [6.07, 6.45) is 1.43. The molecule has 140 valence electrons. The first-order chi connectivity index (χ1) is 12.9. The molecule has 0 saturated carbocycles. The number of fused-ring (bicyclic) bond motifs is 1. The Hall–Kier alpha value is -3.22. The van der Waals surface area contributed by atoms with E-state index in [1.54, 1.807) is 39.0 Å². The minimum absolute atomic E-state index is 0.143. The maximum Gasteiger partial charge on any atom is 0.387 e. The molecule has 0 aliphatic rings. The first-order valence-electron chi connectivity index (χ1n) is 8.24. The van der Waals surface area contributed by atoms with Crippen molar-refractivity contribution >= 4 is 23.1 Å². The number of aryl methyl sites for hydroxylation is 3. The Morgan fingerprint density at radius 3 is 2.48 bits per heavy atom. The molecule has 5 nitrogen and oxygen atoms in total. The van der Waals surface area contributed by atoms with Gasteiger partial charge in [-0.15, -0.1) is 0 Å². The predicted octanol–water partition coefficient (Wildman–Crippen LogP) is 4.72. The van der Waals surface area contributed by atoms with Crippen LogP contribution in [-0.4, -0.2) is 18.7 Å². The number of carbonyl (C=O) groups excluding carboxylic acids is 1. The second-order valence-corrected chi connectivity index (χ2v) is 6.11. The average molecular weight is 372 g/mol. The van der Waals surface area contributed by atoms with Gasteiger partial charge in [-0.1, -0.05) is 18.2 Å².